The van der Waals surface area contributed by atoms with E-state index in [0.29, 0.717) is 6.04 Å². The Labute approximate surface area is 81.3 Å². The summed E-state index contributed by atoms with van der Waals surface area (Å²) in [4.78, 5) is 0. The highest BCUT2D eigenvalue weighted by atomic mass is 79.9. The Morgan fingerprint density at radius 3 is 2.83 bits per heavy atom. The van der Waals surface area contributed by atoms with Crippen LogP contribution in [0.5, 0.6) is 0 Å². The van der Waals surface area contributed by atoms with Gasteiger partial charge in [0.05, 0.1) is 0 Å². The lowest BCUT2D eigenvalue weighted by Gasteiger charge is -2.29. The van der Waals surface area contributed by atoms with Crippen molar-refractivity contribution in [3.05, 3.63) is 33.8 Å². The number of halogens is 1. The molecule has 1 N–H and O–H groups in total. The molecule has 0 radical (unpaired) electrons. The molecular formula is C10H12BrN. The van der Waals surface area contributed by atoms with Crippen molar-refractivity contribution < 1.29 is 0 Å². The van der Waals surface area contributed by atoms with Gasteiger partial charge in [0, 0.05) is 10.5 Å². The van der Waals surface area contributed by atoms with Gasteiger partial charge in [-0.2, -0.15) is 0 Å². The summed E-state index contributed by atoms with van der Waals surface area (Å²) in [5, 5.41) is 3.40. The van der Waals surface area contributed by atoms with Crippen LogP contribution in [0.4, 0.5) is 0 Å². The standard InChI is InChI=1S/C10H12BrN/c1-7-3-2-4-8(10(7)11)9-5-6-12-9/h2-4,9,12H,5-6H2,1H3/t9-/m1/s1. The van der Waals surface area contributed by atoms with E-state index in [2.05, 4.69) is 46.4 Å². The second-order valence-corrected chi connectivity index (χ2v) is 4.07. The number of rotatable bonds is 1. The van der Waals surface area contributed by atoms with E-state index in [0.717, 1.165) is 6.54 Å². The van der Waals surface area contributed by atoms with Gasteiger partial charge >= 0.3 is 0 Å². The molecule has 2 heteroatoms. The maximum atomic E-state index is 3.62. The summed E-state index contributed by atoms with van der Waals surface area (Å²) in [6.45, 7) is 3.29. The molecule has 1 nitrogen and oxygen atoms in total. The van der Waals surface area contributed by atoms with Gasteiger partial charge in [-0.25, -0.2) is 0 Å². The highest BCUT2D eigenvalue weighted by Gasteiger charge is 2.20. The first-order valence-electron chi connectivity index (χ1n) is 4.27. The average Bonchev–Trinajstić information content (AvgIpc) is 1.95. The van der Waals surface area contributed by atoms with Crippen LogP contribution < -0.4 is 5.32 Å². The van der Waals surface area contributed by atoms with Crippen LogP contribution >= 0.6 is 15.9 Å². The number of nitrogens with one attached hydrogen (secondary N) is 1. The summed E-state index contributed by atoms with van der Waals surface area (Å²) in [7, 11) is 0. The molecule has 1 atom stereocenters. The first-order valence-corrected chi connectivity index (χ1v) is 5.07. The van der Waals surface area contributed by atoms with Crippen molar-refractivity contribution in [2.24, 2.45) is 0 Å². The van der Waals surface area contributed by atoms with Crippen molar-refractivity contribution in [2.45, 2.75) is 19.4 Å². The minimum Gasteiger partial charge on any atom is -0.310 e. The maximum Gasteiger partial charge on any atom is 0.0343 e. The van der Waals surface area contributed by atoms with Gasteiger partial charge in [-0.05, 0) is 31.0 Å². The molecule has 0 aliphatic carbocycles. The van der Waals surface area contributed by atoms with E-state index in [1.165, 1.54) is 22.0 Å². The summed E-state index contributed by atoms with van der Waals surface area (Å²) in [5.41, 5.74) is 2.72. The van der Waals surface area contributed by atoms with Crippen LogP contribution in [-0.2, 0) is 0 Å². The SMILES string of the molecule is Cc1cccc([C@H]2CCN2)c1Br. The van der Waals surface area contributed by atoms with Crippen molar-refractivity contribution in [1.29, 1.82) is 0 Å². The van der Waals surface area contributed by atoms with Crippen molar-refractivity contribution in [3.63, 3.8) is 0 Å². The molecule has 0 amide bonds. The number of benzene rings is 1. The van der Waals surface area contributed by atoms with E-state index in [1.807, 2.05) is 0 Å². The Kier molecular flexibility index (Phi) is 2.20. The van der Waals surface area contributed by atoms with Crippen LogP contribution in [-0.4, -0.2) is 6.54 Å². The Morgan fingerprint density at radius 2 is 2.25 bits per heavy atom. The zero-order chi connectivity index (χ0) is 8.55. The molecule has 64 valence electrons. The Morgan fingerprint density at radius 1 is 1.50 bits per heavy atom. The van der Waals surface area contributed by atoms with Gasteiger partial charge in [-0.15, -0.1) is 0 Å². The topological polar surface area (TPSA) is 12.0 Å². The lowest BCUT2D eigenvalue weighted by atomic mass is 9.97. The van der Waals surface area contributed by atoms with Crippen LogP contribution in [0.3, 0.4) is 0 Å². The third-order valence-electron chi connectivity index (χ3n) is 2.42. The van der Waals surface area contributed by atoms with Crippen LogP contribution in [0.15, 0.2) is 22.7 Å². The van der Waals surface area contributed by atoms with E-state index < -0.39 is 0 Å². The molecule has 12 heavy (non-hydrogen) atoms. The van der Waals surface area contributed by atoms with Gasteiger partial charge in [-0.3, -0.25) is 0 Å². The van der Waals surface area contributed by atoms with Crippen LogP contribution in [0.2, 0.25) is 0 Å². The normalized spacial score (nSPS) is 22.0. The van der Waals surface area contributed by atoms with E-state index in [9.17, 15) is 0 Å². The summed E-state index contributed by atoms with van der Waals surface area (Å²) in [6.07, 6.45) is 1.27. The van der Waals surface area contributed by atoms with Crippen molar-refractivity contribution in [3.8, 4) is 0 Å². The first kappa shape index (κ1) is 8.27. The van der Waals surface area contributed by atoms with Crippen molar-refractivity contribution in [1.82, 2.24) is 5.32 Å². The Hall–Kier alpha value is -0.340. The number of aryl methyl sites for hydroxylation is 1. The lowest BCUT2D eigenvalue weighted by Crippen LogP contribution is -2.35. The van der Waals surface area contributed by atoms with Gasteiger partial charge in [0.15, 0.2) is 0 Å². The third-order valence-corrected chi connectivity index (χ3v) is 3.50. The second-order valence-electron chi connectivity index (χ2n) is 3.27. The fourth-order valence-electron chi connectivity index (χ4n) is 1.49. The van der Waals surface area contributed by atoms with Gasteiger partial charge < -0.3 is 5.32 Å². The zero-order valence-corrected chi connectivity index (χ0v) is 8.69. The summed E-state index contributed by atoms with van der Waals surface area (Å²) < 4.78 is 1.27. The fourth-order valence-corrected chi connectivity index (χ4v) is 2.03. The van der Waals surface area contributed by atoms with Gasteiger partial charge in [0.2, 0.25) is 0 Å². The van der Waals surface area contributed by atoms with Gasteiger partial charge in [0.25, 0.3) is 0 Å². The van der Waals surface area contributed by atoms with E-state index in [1.54, 1.807) is 0 Å². The zero-order valence-electron chi connectivity index (χ0n) is 7.10. The van der Waals surface area contributed by atoms with Crippen LogP contribution in [0.25, 0.3) is 0 Å². The second kappa shape index (κ2) is 3.19. The predicted molar refractivity (Wildman–Crippen MR) is 54.2 cm³/mol. The average molecular weight is 226 g/mol. The summed E-state index contributed by atoms with van der Waals surface area (Å²) in [6, 6.07) is 7.02. The minimum absolute atomic E-state index is 0.583. The molecule has 1 aliphatic heterocycles. The largest absolute Gasteiger partial charge is 0.310 e. The molecule has 0 unspecified atom stereocenters. The summed E-state index contributed by atoms with van der Waals surface area (Å²) >= 11 is 3.62. The fraction of sp³-hybridized carbons (Fsp3) is 0.400. The third kappa shape index (κ3) is 1.29. The van der Waals surface area contributed by atoms with Crippen molar-refractivity contribution in [2.75, 3.05) is 6.54 Å². The van der Waals surface area contributed by atoms with E-state index >= 15 is 0 Å². The molecule has 0 bridgehead atoms. The predicted octanol–water partition coefficient (Wildman–Crippen LogP) is 2.79. The Balaban J connectivity index is 2.36. The van der Waals surface area contributed by atoms with Crippen molar-refractivity contribution >= 4 is 15.9 Å². The minimum atomic E-state index is 0.583. The number of hydrogen-bond donors (Lipinski definition) is 1. The number of hydrogen-bond acceptors (Lipinski definition) is 1. The molecule has 1 aromatic carbocycles. The first-order chi connectivity index (χ1) is 5.79. The summed E-state index contributed by atoms with van der Waals surface area (Å²) in [5.74, 6) is 0. The molecule has 0 aromatic heterocycles. The molecule has 1 aliphatic rings. The lowest BCUT2D eigenvalue weighted by molar-refractivity contribution is 0.382. The monoisotopic (exact) mass is 225 g/mol. The molecule has 1 fully saturated rings. The molecule has 0 spiro atoms. The van der Waals surface area contributed by atoms with E-state index in [-0.39, 0.29) is 0 Å². The maximum absolute atomic E-state index is 3.62. The highest BCUT2D eigenvalue weighted by molar-refractivity contribution is 9.10. The molecule has 1 saturated heterocycles. The molecule has 0 saturated carbocycles. The molecule has 1 aromatic rings. The quantitative estimate of drug-likeness (QED) is 0.776. The smallest absolute Gasteiger partial charge is 0.0343 e. The molecule has 1 heterocycles. The van der Waals surface area contributed by atoms with Crippen LogP contribution in [0, 0.1) is 6.92 Å². The van der Waals surface area contributed by atoms with Gasteiger partial charge in [-0.1, -0.05) is 34.1 Å². The molecular weight excluding hydrogens is 214 g/mol. The van der Waals surface area contributed by atoms with Crippen LogP contribution in [0.1, 0.15) is 23.6 Å². The highest BCUT2D eigenvalue weighted by Crippen LogP contribution is 2.31. The van der Waals surface area contributed by atoms with Gasteiger partial charge in [0.1, 0.15) is 0 Å². The molecule has 2 rings (SSSR count). The van der Waals surface area contributed by atoms with E-state index in [4.69, 9.17) is 0 Å². The Bertz CT molecular complexity index is 292.